The van der Waals surface area contributed by atoms with Gasteiger partial charge in [0.05, 0.1) is 30.5 Å². The van der Waals surface area contributed by atoms with Crippen molar-refractivity contribution < 1.29 is 9.53 Å². The molecule has 5 nitrogen and oxygen atoms in total. The van der Waals surface area contributed by atoms with Crippen molar-refractivity contribution in [3.8, 4) is 0 Å². The van der Waals surface area contributed by atoms with Gasteiger partial charge in [-0.15, -0.1) is 11.3 Å². The summed E-state index contributed by atoms with van der Waals surface area (Å²) >= 11 is 1.47. The number of rotatable bonds is 6. The minimum absolute atomic E-state index is 0.0674. The lowest BCUT2D eigenvalue weighted by Crippen LogP contribution is -2.09. The molecule has 0 radical (unpaired) electrons. The first-order valence-electron chi connectivity index (χ1n) is 6.46. The van der Waals surface area contributed by atoms with Crippen LogP contribution in [0.1, 0.15) is 31.3 Å². The summed E-state index contributed by atoms with van der Waals surface area (Å²) in [6.45, 7) is 4.21. The van der Waals surface area contributed by atoms with Crippen LogP contribution in [0.25, 0.3) is 0 Å². The Morgan fingerprint density at radius 3 is 3.05 bits per heavy atom. The molecule has 0 aliphatic rings. The number of aromatic nitrogens is 2. The van der Waals surface area contributed by atoms with Gasteiger partial charge in [0.1, 0.15) is 0 Å². The smallest absolute Gasteiger partial charge is 0.311 e. The van der Waals surface area contributed by atoms with E-state index in [-0.39, 0.29) is 18.4 Å². The molecule has 20 heavy (non-hydrogen) atoms. The number of nitrogens with zero attached hydrogens (tertiary/aromatic N) is 2. The van der Waals surface area contributed by atoms with Gasteiger partial charge in [0.25, 0.3) is 0 Å². The van der Waals surface area contributed by atoms with E-state index in [0.29, 0.717) is 6.61 Å². The third-order valence-electron chi connectivity index (χ3n) is 2.65. The molecule has 2 aromatic rings. The summed E-state index contributed by atoms with van der Waals surface area (Å²) in [7, 11) is 0. The number of anilines is 1. The van der Waals surface area contributed by atoms with Crippen LogP contribution in [-0.2, 0) is 16.0 Å². The van der Waals surface area contributed by atoms with Crippen LogP contribution in [0.4, 0.5) is 5.13 Å². The molecule has 0 fully saturated rings. The van der Waals surface area contributed by atoms with Gasteiger partial charge in [-0.05, 0) is 26.0 Å². The maximum Gasteiger partial charge on any atom is 0.311 e. The lowest BCUT2D eigenvalue weighted by atomic mass is 10.2. The standard InChI is InChI=1S/C14H17N3O2S/c1-3-19-13(18)8-11-9-20-14(17-11)16-10(2)12-6-4-5-7-15-12/h4-7,9-10H,3,8H2,1-2H3,(H,16,17). The Morgan fingerprint density at radius 1 is 1.50 bits per heavy atom. The summed E-state index contributed by atoms with van der Waals surface area (Å²) in [5.41, 5.74) is 1.68. The number of hydrogen-bond donors (Lipinski definition) is 1. The van der Waals surface area contributed by atoms with Crippen LogP contribution in [0, 0.1) is 0 Å². The highest BCUT2D eigenvalue weighted by atomic mass is 32.1. The quantitative estimate of drug-likeness (QED) is 0.829. The molecule has 0 saturated heterocycles. The fourth-order valence-electron chi connectivity index (χ4n) is 1.71. The minimum atomic E-state index is -0.248. The molecule has 0 aliphatic heterocycles. The van der Waals surface area contributed by atoms with E-state index in [0.717, 1.165) is 16.5 Å². The third-order valence-corrected chi connectivity index (χ3v) is 3.48. The molecular weight excluding hydrogens is 274 g/mol. The second-order valence-corrected chi connectivity index (χ2v) is 5.10. The van der Waals surface area contributed by atoms with Crippen LogP contribution in [0.15, 0.2) is 29.8 Å². The van der Waals surface area contributed by atoms with Crippen LogP contribution >= 0.6 is 11.3 Å². The van der Waals surface area contributed by atoms with E-state index < -0.39 is 0 Å². The Labute approximate surface area is 122 Å². The molecule has 0 aromatic carbocycles. The maximum atomic E-state index is 11.4. The first kappa shape index (κ1) is 14.5. The summed E-state index contributed by atoms with van der Waals surface area (Å²) in [5.74, 6) is -0.248. The molecule has 0 bridgehead atoms. The van der Waals surface area contributed by atoms with E-state index in [1.54, 1.807) is 13.1 Å². The summed E-state index contributed by atoms with van der Waals surface area (Å²) in [6, 6.07) is 5.87. The number of ether oxygens (including phenoxy) is 1. The number of nitrogens with one attached hydrogen (secondary N) is 1. The van der Waals surface area contributed by atoms with Crippen molar-refractivity contribution in [2.45, 2.75) is 26.3 Å². The SMILES string of the molecule is CCOC(=O)Cc1csc(NC(C)c2ccccn2)n1. The fraction of sp³-hybridized carbons (Fsp3) is 0.357. The van der Waals surface area contributed by atoms with Crippen LogP contribution in [0.5, 0.6) is 0 Å². The van der Waals surface area contributed by atoms with Crippen molar-refractivity contribution >= 4 is 22.4 Å². The highest BCUT2D eigenvalue weighted by Gasteiger charge is 2.11. The van der Waals surface area contributed by atoms with E-state index in [4.69, 9.17) is 4.74 Å². The number of carbonyl (C=O) groups excluding carboxylic acids is 1. The van der Waals surface area contributed by atoms with Crippen LogP contribution in [0.2, 0.25) is 0 Å². The number of esters is 1. The van der Waals surface area contributed by atoms with Crippen molar-refractivity contribution in [3.05, 3.63) is 41.2 Å². The highest BCUT2D eigenvalue weighted by molar-refractivity contribution is 7.13. The minimum Gasteiger partial charge on any atom is -0.466 e. The van der Waals surface area contributed by atoms with Crippen LogP contribution in [-0.4, -0.2) is 22.5 Å². The monoisotopic (exact) mass is 291 g/mol. The van der Waals surface area contributed by atoms with Gasteiger partial charge in [0, 0.05) is 11.6 Å². The Balaban J connectivity index is 1.94. The second kappa shape index (κ2) is 7.00. The zero-order valence-corrected chi connectivity index (χ0v) is 12.3. The third kappa shape index (κ3) is 4.03. The Kier molecular flexibility index (Phi) is 5.06. The maximum absolute atomic E-state index is 11.4. The van der Waals surface area contributed by atoms with Crippen LogP contribution < -0.4 is 5.32 Å². The average Bonchev–Trinajstić information content (AvgIpc) is 2.87. The van der Waals surface area contributed by atoms with Gasteiger partial charge >= 0.3 is 5.97 Å². The summed E-state index contributed by atoms with van der Waals surface area (Å²) in [5, 5.41) is 5.92. The molecule has 2 heterocycles. The molecule has 6 heteroatoms. The molecule has 2 aromatic heterocycles. The molecular formula is C14H17N3O2S. The van der Waals surface area contributed by atoms with Gasteiger partial charge in [-0.3, -0.25) is 9.78 Å². The lowest BCUT2D eigenvalue weighted by Gasteiger charge is -2.11. The van der Waals surface area contributed by atoms with Crippen molar-refractivity contribution in [2.75, 3.05) is 11.9 Å². The average molecular weight is 291 g/mol. The molecule has 1 N–H and O–H groups in total. The van der Waals surface area contributed by atoms with Crippen molar-refractivity contribution in [1.82, 2.24) is 9.97 Å². The van der Waals surface area contributed by atoms with Gasteiger partial charge in [0.2, 0.25) is 0 Å². The molecule has 1 unspecified atom stereocenters. The van der Waals surface area contributed by atoms with Crippen molar-refractivity contribution in [1.29, 1.82) is 0 Å². The first-order valence-corrected chi connectivity index (χ1v) is 7.34. The Hall–Kier alpha value is -1.95. The number of pyridine rings is 1. The molecule has 1 atom stereocenters. The van der Waals surface area contributed by atoms with E-state index in [1.165, 1.54) is 11.3 Å². The van der Waals surface area contributed by atoms with E-state index in [9.17, 15) is 4.79 Å². The zero-order chi connectivity index (χ0) is 14.4. The fourth-order valence-corrected chi connectivity index (χ4v) is 2.50. The summed E-state index contributed by atoms with van der Waals surface area (Å²) in [6.07, 6.45) is 1.98. The number of thiazole rings is 1. The topological polar surface area (TPSA) is 64.1 Å². The molecule has 0 amide bonds. The van der Waals surface area contributed by atoms with E-state index in [1.807, 2.05) is 30.5 Å². The second-order valence-electron chi connectivity index (χ2n) is 4.25. The molecule has 2 rings (SSSR count). The Morgan fingerprint density at radius 2 is 2.35 bits per heavy atom. The largest absolute Gasteiger partial charge is 0.466 e. The van der Waals surface area contributed by atoms with Gasteiger partial charge in [-0.1, -0.05) is 6.07 Å². The summed E-state index contributed by atoms with van der Waals surface area (Å²) < 4.78 is 4.90. The van der Waals surface area contributed by atoms with E-state index in [2.05, 4.69) is 15.3 Å². The van der Waals surface area contributed by atoms with Gasteiger partial charge in [-0.25, -0.2) is 4.98 Å². The lowest BCUT2D eigenvalue weighted by molar-refractivity contribution is -0.142. The predicted molar refractivity (Wildman–Crippen MR) is 78.7 cm³/mol. The van der Waals surface area contributed by atoms with Crippen molar-refractivity contribution in [2.24, 2.45) is 0 Å². The molecule has 0 aliphatic carbocycles. The number of carbonyl (C=O) groups is 1. The van der Waals surface area contributed by atoms with Crippen molar-refractivity contribution in [3.63, 3.8) is 0 Å². The molecule has 0 saturated carbocycles. The molecule has 0 spiro atoms. The van der Waals surface area contributed by atoms with Gasteiger partial charge in [0.15, 0.2) is 5.13 Å². The van der Waals surface area contributed by atoms with E-state index >= 15 is 0 Å². The number of hydrogen-bond acceptors (Lipinski definition) is 6. The predicted octanol–water partition coefficient (Wildman–Crippen LogP) is 2.82. The summed E-state index contributed by atoms with van der Waals surface area (Å²) in [4.78, 5) is 20.0. The highest BCUT2D eigenvalue weighted by Crippen LogP contribution is 2.21. The van der Waals surface area contributed by atoms with Crippen LogP contribution in [0.3, 0.4) is 0 Å². The normalized spacial score (nSPS) is 11.9. The Bertz CT molecular complexity index is 557. The van der Waals surface area contributed by atoms with Gasteiger partial charge < -0.3 is 10.1 Å². The first-order chi connectivity index (χ1) is 9.69. The zero-order valence-electron chi connectivity index (χ0n) is 11.5. The molecule has 106 valence electrons. The van der Waals surface area contributed by atoms with Gasteiger partial charge in [-0.2, -0.15) is 0 Å².